The Kier molecular flexibility index (Phi) is 7.69. The molecule has 0 aromatic heterocycles. The lowest BCUT2D eigenvalue weighted by molar-refractivity contribution is 0.145. The van der Waals surface area contributed by atoms with Gasteiger partial charge in [-0.15, -0.1) is 12.4 Å². The molecule has 0 radical (unpaired) electrons. The van der Waals surface area contributed by atoms with Gasteiger partial charge in [-0.2, -0.15) is 0 Å². The fraction of sp³-hybridized carbons (Fsp3) is 0.400. The maximum Gasteiger partial charge on any atom is 0.0588 e. The van der Waals surface area contributed by atoms with Crippen LogP contribution in [0, 0.1) is 0 Å². The Balaban J connectivity index is 0.00000144. The van der Waals surface area contributed by atoms with Crippen molar-refractivity contribution in [2.45, 2.75) is 6.42 Å². The number of nitrogens with two attached hydrogens (primary N) is 1. The number of benzene rings is 1. The second kappa shape index (κ2) is 8.05. The highest BCUT2D eigenvalue weighted by atomic mass is 35.5. The molecule has 0 aliphatic heterocycles. The van der Waals surface area contributed by atoms with Crippen LogP contribution in [0.5, 0.6) is 0 Å². The van der Waals surface area contributed by atoms with Gasteiger partial charge in [0.05, 0.1) is 13.2 Å². The van der Waals surface area contributed by atoms with Gasteiger partial charge in [0.2, 0.25) is 0 Å². The van der Waals surface area contributed by atoms with Crippen LogP contribution in [0.3, 0.4) is 0 Å². The lowest BCUT2D eigenvalue weighted by atomic mass is 10.2. The van der Waals surface area contributed by atoms with Gasteiger partial charge in [-0.3, -0.25) is 0 Å². The van der Waals surface area contributed by atoms with E-state index in [0.29, 0.717) is 13.2 Å². The summed E-state index contributed by atoms with van der Waals surface area (Å²) in [6.45, 7) is 2.03. The molecule has 0 aliphatic carbocycles. The molecule has 0 aliphatic rings. The fourth-order valence-electron chi connectivity index (χ4n) is 1.02. The molecule has 1 aromatic carbocycles. The van der Waals surface area contributed by atoms with Gasteiger partial charge in [0.25, 0.3) is 0 Å². The van der Waals surface area contributed by atoms with Gasteiger partial charge in [0.15, 0.2) is 0 Å². The summed E-state index contributed by atoms with van der Waals surface area (Å²) >= 11 is 0. The van der Waals surface area contributed by atoms with Crippen molar-refractivity contribution in [3.63, 3.8) is 0 Å². The normalized spacial score (nSPS) is 9.31. The van der Waals surface area contributed by atoms with Crippen LogP contribution in [0.25, 0.3) is 0 Å². The summed E-state index contributed by atoms with van der Waals surface area (Å²) in [4.78, 5) is 0. The molecule has 74 valence electrons. The summed E-state index contributed by atoms with van der Waals surface area (Å²) in [5.41, 5.74) is 6.60. The molecule has 3 heteroatoms. The Morgan fingerprint density at radius 2 is 1.77 bits per heavy atom. The third kappa shape index (κ3) is 5.64. The van der Waals surface area contributed by atoms with E-state index in [1.807, 2.05) is 18.2 Å². The Morgan fingerprint density at radius 1 is 1.08 bits per heavy atom. The molecule has 0 atom stereocenters. The molecule has 1 aromatic rings. The number of rotatable bonds is 5. The summed E-state index contributed by atoms with van der Waals surface area (Å²) in [6, 6.07) is 10.3. The van der Waals surface area contributed by atoms with E-state index in [-0.39, 0.29) is 12.4 Å². The molecule has 0 saturated carbocycles. The van der Waals surface area contributed by atoms with Crippen molar-refractivity contribution in [1.82, 2.24) is 0 Å². The van der Waals surface area contributed by atoms with Crippen LogP contribution in [0.15, 0.2) is 30.3 Å². The lowest BCUT2D eigenvalue weighted by Crippen LogP contribution is -2.09. The Morgan fingerprint density at radius 3 is 2.38 bits per heavy atom. The Labute approximate surface area is 85.5 Å². The van der Waals surface area contributed by atoms with Crippen LogP contribution in [-0.4, -0.2) is 19.8 Å². The van der Waals surface area contributed by atoms with Crippen LogP contribution in [-0.2, 0) is 11.2 Å². The van der Waals surface area contributed by atoms with Crippen molar-refractivity contribution in [3.8, 4) is 0 Å². The first kappa shape index (κ1) is 12.4. The molecule has 13 heavy (non-hydrogen) atoms. The molecule has 0 heterocycles. The SMILES string of the molecule is Cl.NCCOCCc1ccccc1. The molecule has 0 spiro atoms. The summed E-state index contributed by atoms with van der Waals surface area (Å²) in [5, 5.41) is 0. The van der Waals surface area contributed by atoms with Gasteiger partial charge in [0.1, 0.15) is 0 Å². The van der Waals surface area contributed by atoms with Gasteiger partial charge >= 0.3 is 0 Å². The zero-order chi connectivity index (χ0) is 8.65. The second-order valence-corrected chi connectivity index (χ2v) is 2.64. The summed E-state index contributed by atoms with van der Waals surface area (Å²) in [6.07, 6.45) is 0.973. The van der Waals surface area contributed by atoms with E-state index < -0.39 is 0 Å². The summed E-state index contributed by atoms with van der Waals surface area (Å²) in [7, 11) is 0. The smallest absolute Gasteiger partial charge is 0.0588 e. The van der Waals surface area contributed by atoms with E-state index >= 15 is 0 Å². The molecular weight excluding hydrogens is 186 g/mol. The number of halogens is 1. The average Bonchev–Trinajstić information content (AvgIpc) is 2.14. The molecule has 2 nitrogen and oxygen atoms in total. The fourth-order valence-corrected chi connectivity index (χ4v) is 1.02. The number of ether oxygens (including phenoxy) is 1. The largest absolute Gasteiger partial charge is 0.380 e. The summed E-state index contributed by atoms with van der Waals surface area (Å²) < 4.78 is 5.26. The maximum atomic E-state index is 5.28. The second-order valence-electron chi connectivity index (χ2n) is 2.64. The van der Waals surface area contributed by atoms with Crippen molar-refractivity contribution >= 4 is 12.4 Å². The topological polar surface area (TPSA) is 35.2 Å². The highest BCUT2D eigenvalue weighted by molar-refractivity contribution is 5.85. The van der Waals surface area contributed by atoms with Gasteiger partial charge in [-0.1, -0.05) is 30.3 Å². The number of hydrogen-bond acceptors (Lipinski definition) is 2. The predicted molar refractivity (Wildman–Crippen MR) is 57.3 cm³/mol. The van der Waals surface area contributed by atoms with Gasteiger partial charge in [-0.05, 0) is 12.0 Å². The molecule has 0 amide bonds. The van der Waals surface area contributed by atoms with Crippen LogP contribution < -0.4 is 5.73 Å². The van der Waals surface area contributed by atoms with E-state index in [0.717, 1.165) is 13.0 Å². The molecule has 1 rings (SSSR count). The first-order valence-electron chi connectivity index (χ1n) is 4.25. The molecule has 2 N–H and O–H groups in total. The highest BCUT2D eigenvalue weighted by Gasteiger charge is 1.90. The van der Waals surface area contributed by atoms with Crippen LogP contribution in [0.4, 0.5) is 0 Å². The van der Waals surface area contributed by atoms with Crippen LogP contribution in [0.2, 0.25) is 0 Å². The van der Waals surface area contributed by atoms with Crippen molar-refractivity contribution in [3.05, 3.63) is 35.9 Å². The van der Waals surface area contributed by atoms with Crippen molar-refractivity contribution in [1.29, 1.82) is 0 Å². The minimum atomic E-state index is 0. The van der Waals surface area contributed by atoms with Crippen molar-refractivity contribution in [2.75, 3.05) is 19.8 Å². The highest BCUT2D eigenvalue weighted by Crippen LogP contribution is 1.98. The maximum absolute atomic E-state index is 5.28. The Hall–Kier alpha value is -0.570. The first-order chi connectivity index (χ1) is 5.93. The molecule has 0 unspecified atom stereocenters. The minimum Gasteiger partial charge on any atom is -0.380 e. The molecule has 0 bridgehead atoms. The van der Waals surface area contributed by atoms with Crippen molar-refractivity contribution < 1.29 is 4.74 Å². The van der Waals surface area contributed by atoms with Gasteiger partial charge < -0.3 is 10.5 Å². The molecule has 0 saturated heterocycles. The zero-order valence-electron chi connectivity index (χ0n) is 7.61. The quantitative estimate of drug-likeness (QED) is 0.735. The minimum absolute atomic E-state index is 0. The third-order valence-electron chi connectivity index (χ3n) is 1.64. The van der Waals surface area contributed by atoms with E-state index in [1.54, 1.807) is 0 Å². The van der Waals surface area contributed by atoms with Gasteiger partial charge in [0, 0.05) is 6.54 Å². The van der Waals surface area contributed by atoms with E-state index in [1.165, 1.54) is 5.56 Å². The third-order valence-corrected chi connectivity index (χ3v) is 1.64. The monoisotopic (exact) mass is 201 g/mol. The van der Waals surface area contributed by atoms with Crippen LogP contribution in [0.1, 0.15) is 5.56 Å². The molecule has 0 fully saturated rings. The van der Waals surface area contributed by atoms with E-state index in [9.17, 15) is 0 Å². The lowest BCUT2D eigenvalue weighted by Gasteiger charge is -2.01. The van der Waals surface area contributed by atoms with E-state index in [4.69, 9.17) is 10.5 Å². The first-order valence-corrected chi connectivity index (χ1v) is 4.25. The number of hydrogen-bond donors (Lipinski definition) is 1. The standard InChI is InChI=1S/C10H15NO.ClH/c11-7-9-12-8-6-10-4-2-1-3-5-10;/h1-5H,6-9,11H2;1H. The zero-order valence-corrected chi connectivity index (χ0v) is 8.43. The summed E-state index contributed by atoms with van der Waals surface area (Å²) in [5.74, 6) is 0. The van der Waals surface area contributed by atoms with Crippen molar-refractivity contribution in [2.24, 2.45) is 5.73 Å². The predicted octanol–water partition coefficient (Wildman–Crippen LogP) is 1.63. The molecular formula is C10H16ClNO. The van der Waals surface area contributed by atoms with Gasteiger partial charge in [-0.25, -0.2) is 0 Å². The Bertz CT molecular complexity index is 203. The average molecular weight is 202 g/mol. The van der Waals surface area contributed by atoms with E-state index in [2.05, 4.69) is 12.1 Å². The van der Waals surface area contributed by atoms with Crippen LogP contribution >= 0.6 is 12.4 Å².